The molecule has 220 valence electrons. The van der Waals surface area contributed by atoms with Gasteiger partial charge < -0.3 is 0 Å². The van der Waals surface area contributed by atoms with E-state index in [-0.39, 0.29) is 0 Å². The van der Waals surface area contributed by atoms with E-state index in [1.165, 1.54) is 15.5 Å². The van der Waals surface area contributed by atoms with Crippen LogP contribution in [0.3, 0.4) is 0 Å². The van der Waals surface area contributed by atoms with Crippen molar-refractivity contribution in [3.05, 3.63) is 158 Å². The van der Waals surface area contributed by atoms with Gasteiger partial charge in [0.15, 0.2) is 17.5 Å². The molecule has 0 aliphatic heterocycles. The van der Waals surface area contributed by atoms with Crippen LogP contribution in [0.2, 0.25) is 0 Å². The molecule has 2 heterocycles. The molecule has 0 aliphatic rings. The summed E-state index contributed by atoms with van der Waals surface area (Å²) >= 11 is 1.75. The van der Waals surface area contributed by atoms with Gasteiger partial charge in [0, 0.05) is 27.6 Å². The Morgan fingerprint density at radius 3 is 1.53 bits per heavy atom. The Hall–Kier alpha value is -6.04. The number of hydrogen-bond acceptors (Lipinski definition) is 5. The first-order valence-electron chi connectivity index (χ1n) is 15.6. The highest BCUT2D eigenvalue weighted by Crippen LogP contribution is 2.38. The third kappa shape index (κ3) is 5.03. The Labute approximate surface area is 275 Å². The number of hydrogen-bond donors (Lipinski definition) is 0. The van der Waals surface area contributed by atoms with E-state index in [2.05, 4.69) is 91.0 Å². The van der Waals surface area contributed by atoms with Gasteiger partial charge in [-0.05, 0) is 45.5 Å². The first-order valence-corrected chi connectivity index (χ1v) is 16.4. The molecule has 7 aromatic carbocycles. The van der Waals surface area contributed by atoms with Crippen LogP contribution >= 0.6 is 11.3 Å². The van der Waals surface area contributed by atoms with E-state index in [1.807, 2.05) is 66.7 Å². The molecule has 5 heteroatoms. The van der Waals surface area contributed by atoms with Gasteiger partial charge in [0.05, 0.1) is 10.2 Å². The Morgan fingerprint density at radius 1 is 0.362 bits per heavy atom. The number of nitrogens with zero attached hydrogens (tertiary/aromatic N) is 4. The van der Waals surface area contributed by atoms with Gasteiger partial charge >= 0.3 is 0 Å². The highest BCUT2D eigenvalue weighted by atomic mass is 32.1. The lowest BCUT2D eigenvalue weighted by Gasteiger charge is -2.12. The molecule has 47 heavy (non-hydrogen) atoms. The lowest BCUT2D eigenvalue weighted by atomic mass is 9.96. The lowest BCUT2D eigenvalue weighted by Crippen LogP contribution is -2.00. The number of rotatable bonds is 5. The van der Waals surface area contributed by atoms with E-state index in [1.54, 1.807) is 11.3 Å². The minimum Gasteiger partial charge on any atom is -0.236 e. The van der Waals surface area contributed by atoms with Crippen molar-refractivity contribution in [1.82, 2.24) is 19.9 Å². The van der Waals surface area contributed by atoms with Gasteiger partial charge in [0.25, 0.3) is 0 Å². The third-order valence-corrected chi connectivity index (χ3v) is 9.70. The van der Waals surface area contributed by atoms with Gasteiger partial charge in [-0.25, -0.2) is 19.9 Å². The average molecular weight is 619 g/mol. The van der Waals surface area contributed by atoms with Crippen molar-refractivity contribution < 1.29 is 0 Å². The largest absolute Gasteiger partial charge is 0.236 e. The van der Waals surface area contributed by atoms with E-state index < -0.39 is 0 Å². The predicted molar refractivity (Wildman–Crippen MR) is 195 cm³/mol. The van der Waals surface area contributed by atoms with Gasteiger partial charge in [-0.1, -0.05) is 140 Å². The summed E-state index contributed by atoms with van der Waals surface area (Å²) in [6.07, 6.45) is 0. The van der Waals surface area contributed by atoms with Crippen molar-refractivity contribution in [2.75, 3.05) is 0 Å². The predicted octanol–water partition coefficient (Wildman–Crippen LogP) is 11.1. The van der Waals surface area contributed by atoms with E-state index in [0.717, 1.165) is 54.7 Å². The van der Waals surface area contributed by atoms with Crippen LogP contribution in [0.15, 0.2) is 158 Å². The Bertz CT molecular complexity index is 2500. The van der Waals surface area contributed by atoms with Crippen molar-refractivity contribution in [2.45, 2.75) is 0 Å². The molecule has 0 saturated carbocycles. The van der Waals surface area contributed by atoms with E-state index >= 15 is 0 Å². The number of thiazole rings is 1. The highest BCUT2D eigenvalue weighted by Gasteiger charge is 2.15. The van der Waals surface area contributed by atoms with E-state index in [4.69, 9.17) is 19.9 Å². The summed E-state index contributed by atoms with van der Waals surface area (Å²) < 4.78 is 1.21. The first-order chi connectivity index (χ1) is 23.3. The van der Waals surface area contributed by atoms with Crippen molar-refractivity contribution in [2.24, 2.45) is 0 Å². The first kappa shape index (κ1) is 27.3. The number of aromatic nitrogens is 4. The van der Waals surface area contributed by atoms with Gasteiger partial charge in [0.2, 0.25) is 0 Å². The van der Waals surface area contributed by atoms with Crippen molar-refractivity contribution in [3.63, 3.8) is 0 Å². The molecule has 9 aromatic rings. The van der Waals surface area contributed by atoms with Crippen LogP contribution in [0.4, 0.5) is 0 Å². The SMILES string of the molecule is c1ccc(-c2nc(-c3ccccc3)nc(-c3cccc4ccc(-c5ccc6ccc7nc(-c8ccccc8)sc7c6c5)cc34)n2)cc1. The molecular weight excluding hydrogens is 593 g/mol. The molecule has 0 unspecified atom stereocenters. The minimum atomic E-state index is 0.652. The number of fused-ring (bicyclic) bond motifs is 4. The maximum atomic E-state index is 5.03. The third-order valence-electron chi connectivity index (χ3n) is 8.55. The smallest absolute Gasteiger partial charge is 0.164 e. The molecule has 0 aliphatic carbocycles. The van der Waals surface area contributed by atoms with Crippen molar-refractivity contribution in [3.8, 4) is 55.9 Å². The van der Waals surface area contributed by atoms with Crippen LogP contribution in [0.25, 0.3) is 87.6 Å². The zero-order valence-corrected chi connectivity index (χ0v) is 26.0. The summed E-state index contributed by atoms with van der Waals surface area (Å²) in [5, 5.41) is 5.68. The van der Waals surface area contributed by atoms with Gasteiger partial charge in [0.1, 0.15) is 5.01 Å². The molecule has 0 fully saturated rings. The van der Waals surface area contributed by atoms with Crippen LogP contribution < -0.4 is 0 Å². The zero-order chi connectivity index (χ0) is 31.2. The molecule has 0 radical (unpaired) electrons. The quantitative estimate of drug-likeness (QED) is 0.193. The summed E-state index contributed by atoms with van der Waals surface area (Å²) in [7, 11) is 0. The van der Waals surface area contributed by atoms with E-state index in [9.17, 15) is 0 Å². The maximum Gasteiger partial charge on any atom is 0.164 e. The summed E-state index contributed by atoms with van der Waals surface area (Å²) in [6, 6.07) is 54.6. The average Bonchev–Trinajstić information content (AvgIpc) is 3.60. The van der Waals surface area contributed by atoms with Crippen LogP contribution in [0.1, 0.15) is 0 Å². The second kappa shape index (κ2) is 11.4. The zero-order valence-electron chi connectivity index (χ0n) is 25.2. The van der Waals surface area contributed by atoms with Gasteiger partial charge in [-0.3, -0.25) is 0 Å². The molecule has 9 rings (SSSR count). The van der Waals surface area contributed by atoms with Crippen LogP contribution in [-0.4, -0.2) is 19.9 Å². The highest BCUT2D eigenvalue weighted by molar-refractivity contribution is 7.22. The summed E-state index contributed by atoms with van der Waals surface area (Å²) in [4.78, 5) is 19.9. The fourth-order valence-electron chi connectivity index (χ4n) is 6.16. The molecule has 0 saturated heterocycles. The Morgan fingerprint density at radius 2 is 0.894 bits per heavy atom. The standard InChI is InChI=1S/C42H26N4S/c1-4-11-29(12-5-1)39-44-40(30-13-6-2-7-14-30)46-41(45-39)34-18-10-17-27-19-21-32(25-35(27)34)33-22-20-28-23-24-37-38(36(28)26-33)47-42(43-37)31-15-8-3-9-16-31/h1-26H. The van der Waals surface area contributed by atoms with Crippen LogP contribution in [0.5, 0.6) is 0 Å². The summed E-state index contributed by atoms with van der Waals surface area (Å²) in [5.41, 5.74) is 7.34. The van der Waals surface area contributed by atoms with E-state index in [0.29, 0.717) is 17.5 Å². The molecule has 0 amide bonds. The fraction of sp³-hybridized carbons (Fsp3) is 0. The molecule has 0 bridgehead atoms. The summed E-state index contributed by atoms with van der Waals surface area (Å²) in [5.74, 6) is 1.96. The van der Waals surface area contributed by atoms with Gasteiger partial charge in [-0.15, -0.1) is 11.3 Å². The molecule has 4 nitrogen and oxygen atoms in total. The van der Waals surface area contributed by atoms with Crippen LogP contribution in [0, 0.1) is 0 Å². The minimum absolute atomic E-state index is 0.652. The molecular formula is C42H26N4S. The van der Waals surface area contributed by atoms with Gasteiger partial charge in [-0.2, -0.15) is 0 Å². The lowest BCUT2D eigenvalue weighted by molar-refractivity contribution is 1.08. The monoisotopic (exact) mass is 618 g/mol. The maximum absolute atomic E-state index is 5.03. The fourth-order valence-corrected chi connectivity index (χ4v) is 7.26. The normalized spacial score (nSPS) is 11.4. The topological polar surface area (TPSA) is 51.6 Å². The molecule has 0 N–H and O–H groups in total. The molecule has 0 spiro atoms. The van der Waals surface area contributed by atoms with Crippen LogP contribution in [-0.2, 0) is 0 Å². The number of benzene rings is 7. The Kier molecular flexibility index (Phi) is 6.61. The Balaban J connectivity index is 1.20. The summed E-state index contributed by atoms with van der Waals surface area (Å²) in [6.45, 7) is 0. The second-order valence-corrected chi connectivity index (χ2v) is 12.5. The second-order valence-electron chi connectivity index (χ2n) is 11.5. The van der Waals surface area contributed by atoms with Crippen molar-refractivity contribution in [1.29, 1.82) is 0 Å². The molecule has 0 atom stereocenters. The molecule has 2 aromatic heterocycles. The van der Waals surface area contributed by atoms with Crippen molar-refractivity contribution >= 4 is 43.1 Å².